The summed E-state index contributed by atoms with van der Waals surface area (Å²) in [5.74, 6) is 1.38. The van der Waals surface area contributed by atoms with Crippen LogP contribution >= 0.6 is 0 Å². The van der Waals surface area contributed by atoms with Gasteiger partial charge in [0.25, 0.3) is 0 Å². The maximum atomic E-state index is 12.3. The van der Waals surface area contributed by atoms with Gasteiger partial charge in [-0.3, -0.25) is 14.5 Å². The molecule has 0 bridgehead atoms. The molecule has 0 spiro atoms. The molecule has 19 heavy (non-hydrogen) atoms. The number of amides is 1. The Hall–Kier alpha value is -0.900. The molecule has 0 aromatic carbocycles. The molecule has 1 aliphatic carbocycles. The predicted molar refractivity (Wildman–Crippen MR) is 72.8 cm³/mol. The molecule has 3 rings (SSSR count). The number of ketones is 1. The molecule has 0 N–H and O–H groups in total. The zero-order valence-corrected chi connectivity index (χ0v) is 11.6. The van der Waals surface area contributed by atoms with E-state index < -0.39 is 0 Å². The van der Waals surface area contributed by atoms with Gasteiger partial charge < -0.3 is 4.90 Å². The quantitative estimate of drug-likeness (QED) is 0.758. The minimum atomic E-state index is 0.236. The van der Waals surface area contributed by atoms with Gasteiger partial charge in [0.1, 0.15) is 5.78 Å². The molecule has 2 unspecified atom stereocenters. The fourth-order valence-electron chi connectivity index (χ4n) is 4.03. The minimum Gasteiger partial charge on any atom is -0.341 e. The van der Waals surface area contributed by atoms with Gasteiger partial charge in [0.15, 0.2) is 0 Å². The molecule has 1 amide bonds. The number of likely N-dealkylation sites (tertiary alicyclic amines) is 2. The highest BCUT2D eigenvalue weighted by Crippen LogP contribution is 2.36. The van der Waals surface area contributed by atoms with Gasteiger partial charge in [-0.2, -0.15) is 0 Å². The molecule has 0 aromatic heterocycles. The van der Waals surface area contributed by atoms with Gasteiger partial charge in [0.05, 0.1) is 6.54 Å². The van der Waals surface area contributed by atoms with Crippen LogP contribution in [0.2, 0.25) is 0 Å². The second-order valence-electron chi connectivity index (χ2n) is 6.29. The SMILES string of the molecule is O=C1CCN(C(=O)CN2CCCC3CCCC32)CC1. The number of rotatable bonds is 2. The van der Waals surface area contributed by atoms with Crippen molar-refractivity contribution in [3.8, 4) is 0 Å². The van der Waals surface area contributed by atoms with Gasteiger partial charge in [-0.15, -0.1) is 0 Å². The monoisotopic (exact) mass is 264 g/mol. The number of piperidine rings is 2. The van der Waals surface area contributed by atoms with Crippen LogP contribution in [0, 0.1) is 5.92 Å². The van der Waals surface area contributed by atoms with Gasteiger partial charge in [0.2, 0.25) is 5.91 Å². The van der Waals surface area contributed by atoms with Crippen molar-refractivity contribution in [2.24, 2.45) is 5.92 Å². The first-order chi connectivity index (χ1) is 9.24. The Morgan fingerprint density at radius 1 is 1.05 bits per heavy atom. The average Bonchev–Trinajstić information content (AvgIpc) is 2.89. The van der Waals surface area contributed by atoms with E-state index in [9.17, 15) is 9.59 Å². The van der Waals surface area contributed by atoms with Crippen molar-refractivity contribution in [3.05, 3.63) is 0 Å². The summed E-state index contributed by atoms with van der Waals surface area (Å²) in [6.07, 6.45) is 7.67. The molecule has 2 aliphatic heterocycles. The van der Waals surface area contributed by atoms with Crippen molar-refractivity contribution in [2.75, 3.05) is 26.2 Å². The van der Waals surface area contributed by atoms with Crippen LogP contribution in [0.1, 0.15) is 44.9 Å². The van der Waals surface area contributed by atoms with Crippen molar-refractivity contribution < 1.29 is 9.59 Å². The number of fused-ring (bicyclic) bond motifs is 1. The van der Waals surface area contributed by atoms with E-state index in [0.717, 1.165) is 12.5 Å². The summed E-state index contributed by atoms with van der Waals surface area (Å²) in [6.45, 7) is 2.94. The van der Waals surface area contributed by atoms with Crippen molar-refractivity contribution in [1.29, 1.82) is 0 Å². The topological polar surface area (TPSA) is 40.6 Å². The molecule has 4 heteroatoms. The van der Waals surface area contributed by atoms with Gasteiger partial charge in [0, 0.05) is 32.0 Å². The highest BCUT2D eigenvalue weighted by Gasteiger charge is 2.36. The lowest BCUT2D eigenvalue weighted by molar-refractivity contribution is -0.136. The normalized spacial score (nSPS) is 32.4. The lowest BCUT2D eigenvalue weighted by Crippen LogP contribution is -2.49. The third kappa shape index (κ3) is 2.83. The van der Waals surface area contributed by atoms with E-state index in [1.54, 1.807) is 0 Å². The second kappa shape index (κ2) is 5.61. The maximum Gasteiger partial charge on any atom is 0.236 e. The van der Waals surface area contributed by atoms with Crippen LogP contribution in [0.4, 0.5) is 0 Å². The zero-order valence-electron chi connectivity index (χ0n) is 11.6. The molecule has 1 saturated carbocycles. The summed E-state index contributed by atoms with van der Waals surface area (Å²) in [5, 5.41) is 0. The summed E-state index contributed by atoms with van der Waals surface area (Å²) in [4.78, 5) is 27.9. The fourth-order valence-corrected chi connectivity index (χ4v) is 4.03. The highest BCUT2D eigenvalue weighted by molar-refractivity contribution is 5.84. The molecule has 2 heterocycles. The number of carbonyl (C=O) groups excluding carboxylic acids is 2. The minimum absolute atomic E-state index is 0.236. The Morgan fingerprint density at radius 3 is 2.58 bits per heavy atom. The molecule has 4 nitrogen and oxygen atoms in total. The van der Waals surface area contributed by atoms with E-state index in [-0.39, 0.29) is 5.91 Å². The maximum absolute atomic E-state index is 12.3. The smallest absolute Gasteiger partial charge is 0.236 e. The van der Waals surface area contributed by atoms with Gasteiger partial charge in [-0.25, -0.2) is 0 Å². The summed E-state index contributed by atoms with van der Waals surface area (Å²) in [5.41, 5.74) is 0. The third-order valence-corrected chi connectivity index (χ3v) is 5.12. The Kier molecular flexibility index (Phi) is 3.87. The fraction of sp³-hybridized carbons (Fsp3) is 0.867. The lowest BCUT2D eigenvalue weighted by Gasteiger charge is -2.38. The number of nitrogens with zero attached hydrogens (tertiary/aromatic N) is 2. The number of hydrogen-bond acceptors (Lipinski definition) is 3. The highest BCUT2D eigenvalue weighted by atomic mass is 16.2. The average molecular weight is 264 g/mol. The Morgan fingerprint density at radius 2 is 1.79 bits per heavy atom. The summed E-state index contributed by atoms with van der Waals surface area (Å²) < 4.78 is 0. The molecule has 0 aromatic rings. The molecule has 2 atom stereocenters. The number of hydrogen-bond donors (Lipinski definition) is 0. The Labute approximate surface area is 115 Å². The van der Waals surface area contributed by atoms with Crippen LogP contribution in [0.5, 0.6) is 0 Å². The molecule has 3 aliphatic rings. The molecule has 2 saturated heterocycles. The third-order valence-electron chi connectivity index (χ3n) is 5.12. The van der Waals surface area contributed by atoms with Gasteiger partial charge in [-0.1, -0.05) is 6.42 Å². The predicted octanol–water partition coefficient (Wildman–Crippen LogP) is 1.44. The number of Topliss-reactive ketones (excluding diaryl/α,β-unsaturated/α-hetero) is 1. The molecular weight excluding hydrogens is 240 g/mol. The van der Waals surface area contributed by atoms with E-state index in [1.165, 1.54) is 32.1 Å². The van der Waals surface area contributed by atoms with Crippen LogP contribution in [0.25, 0.3) is 0 Å². The molecular formula is C15H24N2O2. The summed E-state index contributed by atoms with van der Waals surface area (Å²) >= 11 is 0. The standard InChI is InChI=1S/C15H24N2O2/c18-13-6-9-16(10-7-13)15(19)11-17-8-2-4-12-3-1-5-14(12)17/h12,14H,1-11H2. The first-order valence-electron chi connectivity index (χ1n) is 7.77. The second-order valence-corrected chi connectivity index (χ2v) is 6.29. The van der Waals surface area contributed by atoms with Crippen LogP contribution in [-0.4, -0.2) is 53.7 Å². The van der Waals surface area contributed by atoms with Crippen molar-refractivity contribution >= 4 is 11.7 Å². The van der Waals surface area contributed by atoms with Gasteiger partial charge >= 0.3 is 0 Å². The van der Waals surface area contributed by atoms with Crippen LogP contribution in [-0.2, 0) is 9.59 Å². The summed E-state index contributed by atoms with van der Waals surface area (Å²) in [7, 11) is 0. The van der Waals surface area contributed by atoms with Crippen LogP contribution in [0.15, 0.2) is 0 Å². The number of carbonyl (C=O) groups is 2. The van der Waals surface area contributed by atoms with E-state index in [2.05, 4.69) is 4.90 Å². The molecule has 0 radical (unpaired) electrons. The molecule has 3 fully saturated rings. The largest absolute Gasteiger partial charge is 0.341 e. The van der Waals surface area contributed by atoms with Crippen LogP contribution < -0.4 is 0 Å². The summed E-state index contributed by atoms with van der Waals surface area (Å²) in [6, 6.07) is 0.657. The van der Waals surface area contributed by atoms with E-state index >= 15 is 0 Å². The van der Waals surface area contributed by atoms with Crippen molar-refractivity contribution in [2.45, 2.75) is 51.0 Å². The lowest BCUT2D eigenvalue weighted by atomic mass is 9.92. The first-order valence-corrected chi connectivity index (χ1v) is 7.77. The Balaban J connectivity index is 1.55. The Bertz CT molecular complexity index is 359. The van der Waals surface area contributed by atoms with E-state index in [1.807, 2.05) is 4.90 Å². The van der Waals surface area contributed by atoms with Crippen molar-refractivity contribution in [3.63, 3.8) is 0 Å². The first kappa shape index (κ1) is 13.1. The zero-order chi connectivity index (χ0) is 13.2. The molecule has 106 valence electrons. The van der Waals surface area contributed by atoms with Crippen LogP contribution in [0.3, 0.4) is 0 Å². The van der Waals surface area contributed by atoms with E-state index in [4.69, 9.17) is 0 Å². The van der Waals surface area contributed by atoms with E-state index in [0.29, 0.717) is 44.3 Å². The van der Waals surface area contributed by atoms with Crippen molar-refractivity contribution in [1.82, 2.24) is 9.80 Å². The van der Waals surface area contributed by atoms with Gasteiger partial charge in [-0.05, 0) is 38.1 Å².